The first-order valence-electron chi connectivity index (χ1n) is 4.85. The zero-order valence-corrected chi connectivity index (χ0v) is 12.3. The van der Waals surface area contributed by atoms with Crippen LogP contribution in [0.15, 0.2) is 59.5 Å². The summed E-state index contributed by atoms with van der Waals surface area (Å²) in [6.07, 6.45) is 0. The van der Waals surface area contributed by atoms with Crippen molar-refractivity contribution in [1.29, 1.82) is 0 Å². The minimum Gasteiger partial charge on any atom is -0.508 e. The SMILES string of the molecule is Oc1ccc([SH+]Cc2ccccc2)cc1.[Re]. The number of phenols is 1. The first kappa shape index (κ1) is 13.3. The zero-order chi connectivity index (χ0) is 10.5. The predicted octanol–water partition coefficient (Wildman–Crippen LogP) is 2.76. The molecule has 0 unspecified atom stereocenters. The van der Waals surface area contributed by atoms with Gasteiger partial charge in [-0.1, -0.05) is 30.3 Å². The smallest absolute Gasteiger partial charge is 0.153 e. The Kier molecular flexibility index (Phi) is 5.62. The molecule has 2 rings (SSSR count). The van der Waals surface area contributed by atoms with Gasteiger partial charge < -0.3 is 5.11 Å². The van der Waals surface area contributed by atoms with Gasteiger partial charge in [-0.15, -0.1) is 0 Å². The van der Waals surface area contributed by atoms with Crippen molar-refractivity contribution in [2.24, 2.45) is 0 Å². The molecule has 0 saturated heterocycles. The van der Waals surface area contributed by atoms with E-state index >= 15 is 0 Å². The average Bonchev–Trinajstić information content (AvgIpc) is 2.30. The van der Waals surface area contributed by atoms with Crippen LogP contribution in [0.5, 0.6) is 5.75 Å². The summed E-state index contributed by atoms with van der Waals surface area (Å²) in [6, 6.07) is 17.8. The van der Waals surface area contributed by atoms with Crippen LogP contribution in [0.25, 0.3) is 0 Å². The first-order valence-corrected chi connectivity index (χ1v) is 5.93. The average molecular weight is 404 g/mol. The molecule has 1 radical (unpaired) electrons. The number of aromatic hydroxyl groups is 1. The minimum absolute atomic E-state index is 0. The number of thiol groups is 1. The molecule has 2 aromatic carbocycles. The van der Waals surface area contributed by atoms with Crippen LogP contribution in [-0.2, 0) is 37.9 Å². The second kappa shape index (κ2) is 6.75. The normalized spacial score (nSPS) is 9.50. The Morgan fingerprint density at radius 3 is 2.12 bits per heavy atom. The Morgan fingerprint density at radius 1 is 0.875 bits per heavy atom. The molecule has 0 aliphatic carbocycles. The predicted molar refractivity (Wildman–Crippen MR) is 65.3 cm³/mol. The molecule has 2 aromatic rings. The van der Waals surface area contributed by atoms with Gasteiger partial charge in [0.1, 0.15) is 11.5 Å². The summed E-state index contributed by atoms with van der Waals surface area (Å²) in [5, 5.41) is 9.14. The Hall–Kier alpha value is -0.748. The maximum atomic E-state index is 9.14. The Balaban J connectivity index is 0.00000128. The Bertz CT molecular complexity index is 414. The van der Waals surface area contributed by atoms with Gasteiger partial charge in [-0.25, -0.2) is 0 Å². The number of hydrogen-bond donors (Lipinski definition) is 1. The van der Waals surface area contributed by atoms with Crippen molar-refractivity contribution in [3.63, 3.8) is 0 Å². The number of hydrogen-bond acceptors (Lipinski definition) is 1. The molecule has 3 heteroatoms. The van der Waals surface area contributed by atoms with Gasteiger partial charge in [0.25, 0.3) is 0 Å². The molecule has 1 nitrogen and oxygen atoms in total. The molecule has 1 N–H and O–H groups in total. The monoisotopic (exact) mass is 404 g/mol. The molecule has 83 valence electrons. The largest absolute Gasteiger partial charge is 0.508 e. The van der Waals surface area contributed by atoms with Crippen LogP contribution < -0.4 is 0 Å². The van der Waals surface area contributed by atoms with Crippen LogP contribution in [0, 0.1) is 0 Å². The Labute approximate surface area is 114 Å². The van der Waals surface area contributed by atoms with E-state index in [-0.39, 0.29) is 20.4 Å². The molecule has 0 heterocycles. The van der Waals surface area contributed by atoms with Gasteiger partial charge in [-0.05, 0) is 24.3 Å². The third kappa shape index (κ3) is 4.02. The summed E-state index contributed by atoms with van der Waals surface area (Å²) < 4.78 is 0. The van der Waals surface area contributed by atoms with Gasteiger partial charge >= 0.3 is 0 Å². The van der Waals surface area contributed by atoms with E-state index in [1.807, 2.05) is 18.2 Å². The summed E-state index contributed by atoms with van der Waals surface area (Å²) in [5.74, 6) is 1.35. The van der Waals surface area contributed by atoms with Gasteiger partial charge in [0.15, 0.2) is 4.90 Å². The van der Waals surface area contributed by atoms with E-state index in [9.17, 15) is 0 Å². The Morgan fingerprint density at radius 2 is 1.50 bits per heavy atom. The fourth-order valence-corrected chi connectivity index (χ4v) is 2.26. The summed E-state index contributed by atoms with van der Waals surface area (Å²) in [4.78, 5) is 1.23. The summed E-state index contributed by atoms with van der Waals surface area (Å²) in [6.45, 7) is 0. The standard InChI is InChI=1S/C13H12OS.Re/c14-12-6-8-13(9-7-12)15-10-11-4-2-1-3-5-11;/h1-9,14H,10H2;/p+1. The van der Waals surface area contributed by atoms with Crippen LogP contribution in [-0.4, -0.2) is 5.11 Å². The third-order valence-electron chi connectivity index (χ3n) is 2.14. The quantitative estimate of drug-likeness (QED) is 0.617. The first-order chi connectivity index (χ1) is 7.34. The van der Waals surface area contributed by atoms with E-state index < -0.39 is 0 Å². The van der Waals surface area contributed by atoms with Crippen molar-refractivity contribution in [3.05, 3.63) is 60.2 Å². The van der Waals surface area contributed by atoms with Crippen molar-refractivity contribution in [2.75, 3.05) is 0 Å². The zero-order valence-electron chi connectivity index (χ0n) is 8.68. The fraction of sp³-hybridized carbons (Fsp3) is 0.0769. The number of benzene rings is 2. The minimum atomic E-state index is 0. The molecule has 0 aliphatic rings. The molecule has 0 aliphatic heterocycles. The van der Waals surface area contributed by atoms with E-state index in [0.29, 0.717) is 5.75 Å². The molecule has 0 atom stereocenters. The van der Waals surface area contributed by atoms with E-state index in [0.717, 1.165) is 5.75 Å². The van der Waals surface area contributed by atoms with Gasteiger partial charge in [0, 0.05) is 37.7 Å². The molecule has 0 fully saturated rings. The second-order valence-corrected chi connectivity index (χ2v) is 4.47. The topological polar surface area (TPSA) is 20.2 Å². The number of rotatable bonds is 3. The van der Waals surface area contributed by atoms with Crippen molar-refractivity contribution >= 4 is 11.8 Å². The van der Waals surface area contributed by atoms with Crippen LogP contribution in [0.4, 0.5) is 0 Å². The molecule has 0 aromatic heterocycles. The van der Waals surface area contributed by atoms with Crippen molar-refractivity contribution in [1.82, 2.24) is 0 Å². The number of phenolic OH excluding ortho intramolecular Hbond substituents is 1. The molecular formula is C13H13OReS+. The third-order valence-corrected chi connectivity index (χ3v) is 3.32. The summed E-state index contributed by atoms with van der Waals surface area (Å²) in [7, 11) is 0. The second-order valence-electron chi connectivity index (χ2n) is 3.32. The summed E-state index contributed by atoms with van der Waals surface area (Å²) >= 11 is 1.27. The van der Waals surface area contributed by atoms with Crippen molar-refractivity contribution in [3.8, 4) is 5.75 Å². The molecule has 0 amide bonds. The summed E-state index contributed by atoms with van der Waals surface area (Å²) in [5.41, 5.74) is 1.34. The maximum Gasteiger partial charge on any atom is 0.153 e. The van der Waals surface area contributed by atoms with E-state index in [4.69, 9.17) is 5.11 Å². The maximum absolute atomic E-state index is 9.14. The van der Waals surface area contributed by atoms with E-state index in [1.165, 1.54) is 22.2 Å². The van der Waals surface area contributed by atoms with Crippen LogP contribution >= 0.6 is 0 Å². The van der Waals surface area contributed by atoms with Crippen molar-refractivity contribution in [2.45, 2.75) is 10.6 Å². The molecule has 0 saturated carbocycles. The molecule has 0 bridgehead atoms. The van der Waals surface area contributed by atoms with Crippen molar-refractivity contribution < 1.29 is 25.5 Å². The van der Waals surface area contributed by atoms with Gasteiger partial charge in [0.05, 0.1) is 0 Å². The van der Waals surface area contributed by atoms with Gasteiger partial charge in [0.2, 0.25) is 0 Å². The fourth-order valence-electron chi connectivity index (χ4n) is 1.32. The van der Waals surface area contributed by atoms with Gasteiger partial charge in [-0.2, -0.15) is 0 Å². The van der Waals surface area contributed by atoms with E-state index in [1.54, 1.807) is 12.1 Å². The molecule has 0 spiro atoms. The van der Waals surface area contributed by atoms with Crippen LogP contribution in [0.3, 0.4) is 0 Å². The van der Waals surface area contributed by atoms with Crippen LogP contribution in [0.2, 0.25) is 0 Å². The van der Waals surface area contributed by atoms with E-state index in [2.05, 4.69) is 24.3 Å². The van der Waals surface area contributed by atoms with Gasteiger partial charge in [-0.3, -0.25) is 0 Å². The molecular weight excluding hydrogens is 390 g/mol. The van der Waals surface area contributed by atoms with Crippen LogP contribution in [0.1, 0.15) is 5.56 Å². The molecule has 16 heavy (non-hydrogen) atoms.